The van der Waals surface area contributed by atoms with Crippen molar-refractivity contribution in [2.24, 2.45) is 5.92 Å². The Bertz CT molecular complexity index is 1100. The van der Waals surface area contributed by atoms with E-state index in [0.717, 1.165) is 5.56 Å². The van der Waals surface area contributed by atoms with Crippen LogP contribution in [-0.4, -0.2) is 25.6 Å². The van der Waals surface area contributed by atoms with Crippen molar-refractivity contribution in [3.8, 4) is 5.69 Å². The van der Waals surface area contributed by atoms with Crippen LogP contribution < -0.4 is 5.32 Å². The van der Waals surface area contributed by atoms with Crippen LogP contribution in [-0.2, 0) is 10.5 Å². The number of thioether (sulfide) groups is 1. The highest BCUT2D eigenvalue weighted by atomic mass is 32.2. The Hall–Kier alpha value is -3.20. The van der Waals surface area contributed by atoms with Crippen molar-refractivity contribution < 1.29 is 9.72 Å². The van der Waals surface area contributed by atoms with Gasteiger partial charge in [-0.15, -0.1) is 10.2 Å². The lowest BCUT2D eigenvalue weighted by atomic mass is 10.1. The van der Waals surface area contributed by atoms with Gasteiger partial charge in [-0.1, -0.05) is 55.4 Å². The fourth-order valence-corrected chi connectivity index (χ4v) is 4.21. The average Bonchev–Trinajstić information content (AvgIpc) is 3.16. The van der Waals surface area contributed by atoms with Crippen molar-refractivity contribution in [3.63, 3.8) is 0 Å². The molecule has 9 heteroatoms. The van der Waals surface area contributed by atoms with Gasteiger partial charge in [-0.3, -0.25) is 19.5 Å². The Morgan fingerprint density at radius 3 is 2.50 bits per heavy atom. The molecule has 0 saturated heterocycles. The van der Waals surface area contributed by atoms with E-state index in [2.05, 4.69) is 27.6 Å². The summed E-state index contributed by atoms with van der Waals surface area (Å²) in [4.78, 5) is 22.9. The SMILES string of the molecule is Cc1cccc(CSc2nnc(C(C)NC(=O)CC(C)C)n2-c2ccc([N+](=O)[O-])cc2)c1. The lowest BCUT2D eigenvalue weighted by Crippen LogP contribution is -2.29. The highest BCUT2D eigenvalue weighted by Gasteiger charge is 2.22. The molecule has 0 bridgehead atoms. The highest BCUT2D eigenvalue weighted by molar-refractivity contribution is 7.98. The third-order valence-corrected chi connectivity index (χ3v) is 5.79. The Kier molecular flexibility index (Phi) is 7.63. The quantitative estimate of drug-likeness (QED) is 0.278. The van der Waals surface area contributed by atoms with Crippen LogP contribution in [0.15, 0.2) is 53.7 Å². The molecular formula is C23H27N5O3S. The van der Waals surface area contributed by atoms with E-state index in [1.54, 1.807) is 12.1 Å². The van der Waals surface area contributed by atoms with Gasteiger partial charge in [-0.2, -0.15) is 0 Å². The Morgan fingerprint density at radius 1 is 1.16 bits per heavy atom. The first-order valence-electron chi connectivity index (χ1n) is 10.4. The number of aryl methyl sites for hydroxylation is 1. The molecule has 0 aliphatic rings. The van der Waals surface area contributed by atoms with Crippen molar-refractivity contribution in [2.75, 3.05) is 0 Å². The number of rotatable bonds is 9. The van der Waals surface area contributed by atoms with Crippen LogP contribution in [0.1, 0.15) is 50.2 Å². The number of nitrogens with zero attached hydrogens (tertiary/aromatic N) is 4. The van der Waals surface area contributed by atoms with Crippen molar-refractivity contribution in [3.05, 3.63) is 75.6 Å². The van der Waals surface area contributed by atoms with Gasteiger partial charge in [0.2, 0.25) is 5.91 Å². The van der Waals surface area contributed by atoms with Gasteiger partial charge in [0.05, 0.1) is 11.0 Å². The average molecular weight is 454 g/mol. The predicted molar refractivity (Wildman–Crippen MR) is 125 cm³/mol. The van der Waals surface area contributed by atoms with E-state index >= 15 is 0 Å². The van der Waals surface area contributed by atoms with Gasteiger partial charge in [0, 0.05) is 30.0 Å². The van der Waals surface area contributed by atoms with Crippen molar-refractivity contribution in [1.29, 1.82) is 0 Å². The maximum absolute atomic E-state index is 12.3. The van der Waals surface area contributed by atoms with Gasteiger partial charge < -0.3 is 5.32 Å². The molecule has 0 spiro atoms. The van der Waals surface area contributed by atoms with Gasteiger partial charge in [0.1, 0.15) is 0 Å². The minimum Gasteiger partial charge on any atom is -0.346 e. The molecule has 1 amide bonds. The maximum Gasteiger partial charge on any atom is 0.269 e. The lowest BCUT2D eigenvalue weighted by molar-refractivity contribution is -0.384. The summed E-state index contributed by atoms with van der Waals surface area (Å²) in [6.07, 6.45) is 0.422. The van der Waals surface area contributed by atoms with E-state index in [0.29, 0.717) is 28.8 Å². The first-order chi connectivity index (χ1) is 15.2. The molecule has 32 heavy (non-hydrogen) atoms. The predicted octanol–water partition coefficient (Wildman–Crippen LogP) is 5.00. The number of nitro groups is 1. The maximum atomic E-state index is 12.3. The molecule has 2 aromatic carbocycles. The Labute approximate surface area is 191 Å². The van der Waals surface area contributed by atoms with Crippen LogP contribution in [0.25, 0.3) is 5.69 Å². The summed E-state index contributed by atoms with van der Waals surface area (Å²) in [7, 11) is 0. The Balaban J connectivity index is 1.92. The Morgan fingerprint density at radius 2 is 1.88 bits per heavy atom. The minimum atomic E-state index is -0.432. The number of benzene rings is 2. The minimum absolute atomic E-state index is 0.00984. The number of aromatic nitrogens is 3. The summed E-state index contributed by atoms with van der Waals surface area (Å²) in [6.45, 7) is 7.89. The number of amides is 1. The monoisotopic (exact) mass is 453 g/mol. The smallest absolute Gasteiger partial charge is 0.269 e. The molecule has 1 aromatic heterocycles. The third-order valence-electron chi connectivity index (χ3n) is 4.79. The summed E-state index contributed by atoms with van der Waals surface area (Å²) in [6, 6.07) is 14.1. The molecular weight excluding hydrogens is 426 g/mol. The van der Waals surface area contributed by atoms with Crippen molar-refractivity contribution in [1.82, 2.24) is 20.1 Å². The number of nitrogens with one attached hydrogen (secondary N) is 1. The second kappa shape index (κ2) is 10.4. The second-order valence-electron chi connectivity index (χ2n) is 8.11. The van der Waals surface area contributed by atoms with E-state index in [-0.39, 0.29) is 23.6 Å². The van der Waals surface area contributed by atoms with Gasteiger partial charge in [-0.05, 0) is 37.5 Å². The fourth-order valence-electron chi connectivity index (χ4n) is 3.31. The molecule has 1 heterocycles. The number of non-ortho nitro benzene ring substituents is 1. The number of hydrogen-bond acceptors (Lipinski definition) is 6. The van der Waals surface area contributed by atoms with Crippen LogP contribution >= 0.6 is 11.8 Å². The van der Waals surface area contributed by atoms with Crippen molar-refractivity contribution >= 4 is 23.4 Å². The van der Waals surface area contributed by atoms with Gasteiger partial charge in [-0.25, -0.2) is 0 Å². The molecule has 0 saturated carbocycles. The van der Waals surface area contributed by atoms with E-state index < -0.39 is 4.92 Å². The molecule has 1 atom stereocenters. The molecule has 3 aromatic rings. The third kappa shape index (κ3) is 5.94. The first-order valence-corrected chi connectivity index (χ1v) is 11.4. The van der Waals surface area contributed by atoms with E-state index in [1.807, 2.05) is 44.4 Å². The second-order valence-corrected chi connectivity index (χ2v) is 9.06. The van der Waals surface area contributed by atoms with E-state index in [9.17, 15) is 14.9 Å². The van der Waals surface area contributed by atoms with Gasteiger partial charge >= 0.3 is 0 Å². The van der Waals surface area contributed by atoms with Crippen LogP contribution in [0, 0.1) is 23.0 Å². The van der Waals surface area contributed by atoms with Gasteiger partial charge in [0.25, 0.3) is 5.69 Å². The fraction of sp³-hybridized carbons (Fsp3) is 0.348. The first kappa shape index (κ1) is 23.5. The summed E-state index contributed by atoms with van der Waals surface area (Å²) < 4.78 is 1.85. The largest absolute Gasteiger partial charge is 0.346 e. The zero-order chi connectivity index (χ0) is 23.3. The molecule has 1 N–H and O–H groups in total. The molecule has 0 radical (unpaired) electrons. The van der Waals surface area contributed by atoms with Gasteiger partial charge in [0.15, 0.2) is 11.0 Å². The van der Waals surface area contributed by atoms with Crippen LogP contribution in [0.5, 0.6) is 0 Å². The molecule has 168 valence electrons. The standard InChI is InChI=1S/C23H27N5O3S/c1-15(2)12-21(29)24-17(4)22-25-26-23(32-14-18-7-5-6-16(3)13-18)27(22)19-8-10-20(11-9-19)28(30)31/h5-11,13,15,17H,12,14H2,1-4H3,(H,24,29). The summed E-state index contributed by atoms with van der Waals surface area (Å²) in [5.41, 5.74) is 3.05. The van der Waals surface area contributed by atoms with Crippen LogP contribution in [0.4, 0.5) is 5.69 Å². The molecule has 3 rings (SSSR count). The normalized spacial score (nSPS) is 12.0. The van der Waals surface area contributed by atoms with E-state index in [1.165, 1.54) is 29.5 Å². The molecule has 0 fully saturated rings. The number of carbonyl (C=O) groups excluding carboxylic acids is 1. The number of hydrogen-bond donors (Lipinski definition) is 1. The zero-order valence-corrected chi connectivity index (χ0v) is 19.4. The van der Waals surface area contributed by atoms with E-state index in [4.69, 9.17) is 0 Å². The molecule has 0 aliphatic heterocycles. The summed E-state index contributed by atoms with van der Waals surface area (Å²) in [5, 5.41) is 23.4. The zero-order valence-electron chi connectivity index (χ0n) is 18.6. The number of carbonyl (C=O) groups is 1. The van der Waals surface area contributed by atoms with Crippen molar-refractivity contribution in [2.45, 2.75) is 51.1 Å². The molecule has 1 unspecified atom stereocenters. The van der Waals surface area contributed by atoms with Crippen LogP contribution in [0.3, 0.4) is 0 Å². The molecule has 0 aliphatic carbocycles. The highest BCUT2D eigenvalue weighted by Crippen LogP contribution is 2.28. The lowest BCUT2D eigenvalue weighted by Gasteiger charge is -2.17. The molecule has 8 nitrogen and oxygen atoms in total. The summed E-state index contributed by atoms with van der Waals surface area (Å²) >= 11 is 1.52. The topological polar surface area (TPSA) is 103 Å². The van der Waals surface area contributed by atoms with Crippen LogP contribution in [0.2, 0.25) is 0 Å². The number of nitro benzene ring substituents is 1. The summed E-state index contributed by atoms with van der Waals surface area (Å²) in [5.74, 6) is 1.46.